The normalized spacial score (nSPS) is 11.8. The van der Waals surface area contributed by atoms with Crippen molar-refractivity contribution in [2.45, 2.75) is 6.18 Å². The Kier molecular flexibility index (Phi) is 3.05. The summed E-state index contributed by atoms with van der Waals surface area (Å²) in [5, 5.41) is 1.81. The molecule has 3 rings (SSSR count). The van der Waals surface area contributed by atoms with E-state index in [-0.39, 0.29) is 5.69 Å². The molecule has 2 aromatic carbocycles. The van der Waals surface area contributed by atoms with Crippen LogP contribution in [0.1, 0.15) is 5.56 Å². The zero-order valence-electron chi connectivity index (χ0n) is 10.9. The molecule has 0 atom stereocenters. The fraction of sp³-hybridized carbons (Fsp3) is 0.0625. The minimum absolute atomic E-state index is 0.106. The summed E-state index contributed by atoms with van der Waals surface area (Å²) in [6.45, 7) is 0. The van der Waals surface area contributed by atoms with E-state index in [1.165, 1.54) is 6.07 Å². The molecular formula is C16H11F3N2. The molecule has 0 aliphatic heterocycles. The van der Waals surface area contributed by atoms with Crippen LogP contribution < -0.4 is 5.73 Å². The molecule has 21 heavy (non-hydrogen) atoms. The summed E-state index contributed by atoms with van der Waals surface area (Å²) in [7, 11) is 0. The van der Waals surface area contributed by atoms with Gasteiger partial charge in [0.2, 0.25) is 0 Å². The van der Waals surface area contributed by atoms with Crippen LogP contribution in [0.25, 0.3) is 21.9 Å². The molecule has 0 fully saturated rings. The third-order valence-electron chi connectivity index (χ3n) is 3.35. The second-order valence-corrected chi connectivity index (χ2v) is 4.70. The van der Waals surface area contributed by atoms with Crippen molar-refractivity contribution in [2.75, 3.05) is 5.73 Å². The minimum atomic E-state index is -4.39. The maximum atomic E-state index is 12.7. The van der Waals surface area contributed by atoms with Gasteiger partial charge >= 0.3 is 6.18 Å². The van der Waals surface area contributed by atoms with Crippen molar-refractivity contribution in [3.05, 3.63) is 60.4 Å². The van der Waals surface area contributed by atoms with Crippen LogP contribution in [0.3, 0.4) is 0 Å². The van der Waals surface area contributed by atoms with Crippen LogP contribution >= 0.6 is 0 Å². The van der Waals surface area contributed by atoms with Crippen LogP contribution in [-0.4, -0.2) is 4.98 Å². The summed E-state index contributed by atoms with van der Waals surface area (Å²) >= 11 is 0. The quantitative estimate of drug-likeness (QED) is 0.669. The Bertz CT molecular complexity index is 805. The second-order valence-electron chi connectivity index (χ2n) is 4.70. The average Bonchev–Trinajstić information content (AvgIpc) is 2.46. The van der Waals surface area contributed by atoms with Gasteiger partial charge in [-0.15, -0.1) is 0 Å². The maximum Gasteiger partial charge on any atom is 0.416 e. The van der Waals surface area contributed by atoms with Crippen molar-refractivity contribution in [1.29, 1.82) is 0 Å². The van der Waals surface area contributed by atoms with E-state index in [1.54, 1.807) is 12.4 Å². The number of nitrogens with two attached hydrogens (primary N) is 1. The fourth-order valence-corrected chi connectivity index (χ4v) is 2.34. The molecule has 0 aliphatic carbocycles. The molecule has 0 amide bonds. The molecule has 0 saturated heterocycles. The second kappa shape index (κ2) is 4.77. The van der Waals surface area contributed by atoms with Crippen LogP contribution in [0.5, 0.6) is 0 Å². The molecule has 0 saturated carbocycles. The summed E-state index contributed by atoms with van der Waals surface area (Å²) in [5.41, 5.74) is 6.56. The number of fused-ring (bicyclic) bond motifs is 1. The van der Waals surface area contributed by atoms with Crippen LogP contribution in [0.15, 0.2) is 54.9 Å². The van der Waals surface area contributed by atoms with Gasteiger partial charge in [0, 0.05) is 29.0 Å². The lowest BCUT2D eigenvalue weighted by atomic mass is 9.97. The molecule has 2 nitrogen and oxygen atoms in total. The summed E-state index contributed by atoms with van der Waals surface area (Å²) in [6, 6.07) is 10.8. The fourth-order valence-electron chi connectivity index (χ4n) is 2.34. The molecule has 5 heteroatoms. The number of pyridine rings is 1. The van der Waals surface area contributed by atoms with Crippen molar-refractivity contribution in [3.8, 4) is 11.1 Å². The number of nitrogens with zero attached hydrogens (tertiary/aromatic N) is 1. The number of alkyl halides is 3. The topological polar surface area (TPSA) is 38.9 Å². The Morgan fingerprint density at radius 2 is 1.76 bits per heavy atom. The van der Waals surface area contributed by atoms with Gasteiger partial charge in [-0.3, -0.25) is 4.98 Å². The van der Waals surface area contributed by atoms with E-state index in [4.69, 9.17) is 5.73 Å². The molecule has 3 aromatic rings. The number of hydrogen-bond acceptors (Lipinski definition) is 2. The molecule has 106 valence electrons. The number of hydrogen-bond donors (Lipinski definition) is 1. The highest BCUT2D eigenvalue weighted by Gasteiger charge is 2.30. The molecular weight excluding hydrogens is 277 g/mol. The lowest BCUT2D eigenvalue weighted by molar-refractivity contribution is -0.137. The number of benzene rings is 2. The first-order valence-corrected chi connectivity index (χ1v) is 6.26. The molecule has 0 bridgehead atoms. The summed E-state index contributed by atoms with van der Waals surface area (Å²) in [4.78, 5) is 4.04. The molecule has 1 heterocycles. The van der Waals surface area contributed by atoms with Gasteiger partial charge < -0.3 is 5.73 Å². The Morgan fingerprint density at radius 3 is 2.48 bits per heavy atom. The van der Waals surface area contributed by atoms with Crippen molar-refractivity contribution >= 4 is 16.5 Å². The lowest BCUT2D eigenvalue weighted by Gasteiger charge is -2.12. The van der Waals surface area contributed by atoms with Crippen molar-refractivity contribution < 1.29 is 13.2 Å². The van der Waals surface area contributed by atoms with E-state index >= 15 is 0 Å². The number of anilines is 1. The Hall–Kier alpha value is -2.56. The largest absolute Gasteiger partial charge is 0.416 e. The SMILES string of the molecule is Nc1cc(C(F)(F)F)ccc1-c1cccc2cnccc12. The van der Waals surface area contributed by atoms with Crippen LogP contribution in [-0.2, 0) is 6.18 Å². The summed E-state index contributed by atoms with van der Waals surface area (Å²) < 4.78 is 38.1. The minimum Gasteiger partial charge on any atom is -0.398 e. The van der Waals surface area contributed by atoms with E-state index in [9.17, 15) is 13.2 Å². The molecule has 0 radical (unpaired) electrons. The van der Waals surface area contributed by atoms with Gasteiger partial charge in [0.1, 0.15) is 0 Å². The third kappa shape index (κ3) is 2.42. The number of rotatable bonds is 1. The van der Waals surface area contributed by atoms with Gasteiger partial charge in [-0.05, 0) is 29.1 Å². The summed E-state index contributed by atoms with van der Waals surface area (Å²) in [5.74, 6) is 0. The Balaban J connectivity index is 2.20. The van der Waals surface area contributed by atoms with E-state index in [0.717, 1.165) is 28.5 Å². The van der Waals surface area contributed by atoms with Gasteiger partial charge in [0.15, 0.2) is 0 Å². The van der Waals surface area contributed by atoms with Crippen LogP contribution in [0.4, 0.5) is 18.9 Å². The standard InChI is InChI=1S/C16H11F3N2/c17-16(18,19)11-4-5-14(15(20)8-11)13-3-1-2-10-9-21-7-6-12(10)13/h1-9H,20H2. The Labute approximate surface area is 119 Å². The van der Waals surface area contributed by atoms with Gasteiger partial charge in [-0.1, -0.05) is 24.3 Å². The van der Waals surface area contributed by atoms with Crippen molar-refractivity contribution in [2.24, 2.45) is 0 Å². The van der Waals surface area contributed by atoms with Crippen LogP contribution in [0.2, 0.25) is 0 Å². The maximum absolute atomic E-state index is 12.7. The van der Waals surface area contributed by atoms with Gasteiger partial charge in [0.25, 0.3) is 0 Å². The van der Waals surface area contributed by atoms with Gasteiger partial charge in [0.05, 0.1) is 5.56 Å². The lowest BCUT2D eigenvalue weighted by Crippen LogP contribution is -2.06. The zero-order chi connectivity index (χ0) is 15.0. The van der Waals surface area contributed by atoms with E-state index < -0.39 is 11.7 Å². The molecule has 0 unspecified atom stereocenters. The average molecular weight is 288 g/mol. The van der Waals surface area contributed by atoms with Crippen LogP contribution in [0, 0.1) is 0 Å². The zero-order valence-corrected chi connectivity index (χ0v) is 10.9. The van der Waals surface area contributed by atoms with Crippen molar-refractivity contribution in [1.82, 2.24) is 4.98 Å². The first-order chi connectivity index (χ1) is 9.97. The summed E-state index contributed by atoms with van der Waals surface area (Å²) in [6.07, 6.45) is -1.04. The number of nitrogen functional groups attached to an aromatic ring is 1. The van der Waals surface area contributed by atoms with E-state index in [0.29, 0.717) is 5.56 Å². The monoisotopic (exact) mass is 288 g/mol. The highest BCUT2D eigenvalue weighted by molar-refractivity contribution is 5.98. The third-order valence-corrected chi connectivity index (χ3v) is 3.35. The first kappa shape index (κ1) is 13.4. The first-order valence-electron chi connectivity index (χ1n) is 6.26. The van der Waals surface area contributed by atoms with Gasteiger partial charge in [-0.2, -0.15) is 13.2 Å². The molecule has 1 aromatic heterocycles. The smallest absolute Gasteiger partial charge is 0.398 e. The van der Waals surface area contributed by atoms with Crippen molar-refractivity contribution in [3.63, 3.8) is 0 Å². The Morgan fingerprint density at radius 1 is 0.952 bits per heavy atom. The highest BCUT2D eigenvalue weighted by atomic mass is 19.4. The van der Waals surface area contributed by atoms with Gasteiger partial charge in [-0.25, -0.2) is 0 Å². The number of aromatic nitrogens is 1. The van der Waals surface area contributed by atoms with E-state index in [2.05, 4.69) is 4.98 Å². The predicted molar refractivity (Wildman–Crippen MR) is 76.6 cm³/mol. The number of halogens is 3. The highest BCUT2D eigenvalue weighted by Crippen LogP contribution is 2.36. The molecule has 2 N–H and O–H groups in total. The molecule has 0 spiro atoms. The predicted octanol–water partition coefficient (Wildman–Crippen LogP) is 4.50. The molecule has 0 aliphatic rings. The van der Waals surface area contributed by atoms with E-state index in [1.807, 2.05) is 24.3 Å².